The predicted octanol–water partition coefficient (Wildman–Crippen LogP) is 3.10. The molecular formula is C6H5F9O. The monoisotopic (exact) mass is 264 g/mol. The Morgan fingerprint density at radius 3 is 1.56 bits per heavy atom. The molecule has 0 spiro atoms. The molecule has 0 amide bonds. The summed E-state index contributed by atoms with van der Waals surface area (Å²) in [7, 11) is 0. The first-order valence-electron chi connectivity index (χ1n) is 3.59. The van der Waals surface area contributed by atoms with Crippen molar-refractivity contribution in [3.05, 3.63) is 0 Å². The van der Waals surface area contributed by atoms with E-state index < -0.39 is 37.7 Å². The Bertz CT molecular complexity index is 216. The first-order valence-corrected chi connectivity index (χ1v) is 3.59. The number of hydrogen-bond donors (Lipinski definition) is 0. The second-order valence-corrected chi connectivity index (χ2v) is 2.66. The molecule has 1 atom stereocenters. The summed E-state index contributed by atoms with van der Waals surface area (Å²) in [4.78, 5) is 0. The van der Waals surface area contributed by atoms with Crippen molar-refractivity contribution in [3.63, 3.8) is 0 Å². The Morgan fingerprint density at radius 1 is 0.812 bits per heavy atom. The van der Waals surface area contributed by atoms with Crippen LogP contribution >= 0.6 is 0 Å². The van der Waals surface area contributed by atoms with Crippen LogP contribution in [0.4, 0.5) is 39.5 Å². The van der Waals surface area contributed by atoms with Crippen LogP contribution in [-0.4, -0.2) is 37.7 Å². The van der Waals surface area contributed by atoms with Gasteiger partial charge in [0.05, 0.1) is 0 Å². The molecule has 0 aliphatic carbocycles. The number of halogens is 9. The van der Waals surface area contributed by atoms with Crippen molar-refractivity contribution < 1.29 is 44.3 Å². The molecule has 0 rings (SSSR count). The van der Waals surface area contributed by atoms with Crippen molar-refractivity contribution in [2.24, 2.45) is 0 Å². The van der Waals surface area contributed by atoms with Crippen LogP contribution in [0.2, 0.25) is 0 Å². The highest BCUT2D eigenvalue weighted by Gasteiger charge is 2.52. The van der Waals surface area contributed by atoms with E-state index in [1.807, 2.05) is 0 Å². The van der Waals surface area contributed by atoms with E-state index >= 15 is 0 Å². The van der Waals surface area contributed by atoms with Crippen molar-refractivity contribution in [3.8, 4) is 0 Å². The fourth-order valence-corrected chi connectivity index (χ4v) is 0.457. The summed E-state index contributed by atoms with van der Waals surface area (Å²) in [6, 6.07) is 0. The van der Waals surface area contributed by atoms with Gasteiger partial charge in [-0.3, -0.25) is 0 Å². The Labute approximate surface area is 83.2 Å². The molecule has 0 fully saturated rings. The van der Waals surface area contributed by atoms with Gasteiger partial charge in [-0.2, -0.15) is 17.6 Å². The van der Waals surface area contributed by atoms with Gasteiger partial charge in [-0.1, -0.05) is 0 Å². The number of rotatable bonds is 6. The highest BCUT2D eigenvalue weighted by molar-refractivity contribution is 4.75. The lowest BCUT2D eigenvalue weighted by atomic mass is 10.3. The van der Waals surface area contributed by atoms with Crippen molar-refractivity contribution in [1.29, 1.82) is 0 Å². The molecule has 0 saturated carbocycles. The zero-order valence-electron chi connectivity index (χ0n) is 7.25. The van der Waals surface area contributed by atoms with E-state index in [9.17, 15) is 39.5 Å². The van der Waals surface area contributed by atoms with Gasteiger partial charge in [-0.15, -0.1) is 0 Å². The summed E-state index contributed by atoms with van der Waals surface area (Å²) in [5.41, 5.74) is 0. The molecule has 0 heterocycles. The summed E-state index contributed by atoms with van der Waals surface area (Å²) in [6.45, 7) is -2.42. The van der Waals surface area contributed by atoms with E-state index in [-0.39, 0.29) is 0 Å². The summed E-state index contributed by atoms with van der Waals surface area (Å²) in [5, 5.41) is 0. The molecule has 0 saturated heterocycles. The summed E-state index contributed by atoms with van der Waals surface area (Å²) in [5.74, 6) is -10.2. The molecule has 98 valence electrons. The van der Waals surface area contributed by atoms with E-state index in [0.29, 0.717) is 0 Å². The fraction of sp³-hybridized carbons (Fsp3) is 1.00. The van der Waals surface area contributed by atoms with Crippen LogP contribution in [0, 0.1) is 0 Å². The second kappa shape index (κ2) is 5.11. The molecule has 0 aromatic carbocycles. The van der Waals surface area contributed by atoms with Gasteiger partial charge in [0.25, 0.3) is 6.36 Å². The maximum atomic E-state index is 12.2. The van der Waals surface area contributed by atoms with Gasteiger partial charge in [0, 0.05) is 0 Å². The van der Waals surface area contributed by atoms with E-state index in [0.717, 1.165) is 0 Å². The third-order valence-electron chi connectivity index (χ3n) is 1.33. The minimum atomic E-state index is -5.34. The smallest absolute Gasteiger partial charge is 0.337 e. The minimum Gasteiger partial charge on any atom is -0.337 e. The molecule has 1 nitrogen and oxygen atoms in total. The molecule has 16 heavy (non-hydrogen) atoms. The van der Waals surface area contributed by atoms with Crippen LogP contribution < -0.4 is 0 Å². The van der Waals surface area contributed by atoms with Gasteiger partial charge in [0.1, 0.15) is 6.61 Å². The van der Waals surface area contributed by atoms with Gasteiger partial charge in [0.2, 0.25) is 0 Å². The number of hydrogen-bond acceptors (Lipinski definition) is 1. The first-order chi connectivity index (χ1) is 7.01. The molecule has 0 aromatic rings. The molecule has 1 unspecified atom stereocenters. The van der Waals surface area contributed by atoms with Crippen LogP contribution in [0.15, 0.2) is 0 Å². The fourth-order valence-electron chi connectivity index (χ4n) is 0.457. The SMILES string of the molecule is FC(F)C(F)(F)COC(F)C(F)(F)C(F)F. The standard InChI is InChI=1S/C6H5F9O/c7-2(8)5(12,13)1-16-4(11)6(14,15)3(9)10/h2-4H,1H2. The Balaban J connectivity index is 4.33. The largest absolute Gasteiger partial charge is 0.361 e. The molecular weight excluding hydrogens is 259 g/mol. The molecule has 10 heteroatoms. The highest BCUT2D eigenvalue weighted by atomic mass is 19.3. The molecule has 0 radical (unpaired) electrons. The Kier molecular flexibility index (Phi) is 4.89. The van der Waals surface area contributed by atoms with E-state index in [1.165, 1.54) is 0 Å². The average Bonchev–Trinajstić information content (AvgIpc) is 2.13. The quantitative estimate of drug-likeness (QED) is 0.670. The summed E-state index contributed by atoms with van der Waals surface area (Å²) >= 11 is 0. The third kappa shape index (κ3) is 3.72. The Hall–Kier alpha value is -0.670. The summed E-state index contributed by atoms with van der Waals surface area (Å²) < 4.78 is 109. The normalized spacial score (nSPS) is 15.9. The van der Waals surface area contributed by atoms with E-state index in [1.54, 1.807) is 0 Å². The van der Waals surface area contributed by atoms with Gasteiger partial charge in [-0.05, 0) is 0 Å². The van der Waals surface area contributed by atoms with Crippen LogP contribution in [0.1, 0.15) is 0 Å². The van der Waals surface area contributed by atoms with Crippen LogP contribution in [-0.2, 0) is 4.74 Å². The van der Waals surface area contributed by atoms with Crippen LogP contribution in [0.25, 0.3) is 0 Å². The minimum absolute atomic E-state index is 2.42. The van der Waals surface area contributed by atoms with Gasteiger partial charge < -0.3 is 4.74 Å². The van der Waals surface area contributed by atoms with Gasteiger partial charge in [-0.25, -0.2) is 22.0 Å². The molecule has 0 aromatic heterocycles. The lowest BCUT2D eigenvalue weighted by Gasteiger charge is -2.22. The van der Waals surface area contributed by atoms with E-state index in [2.05, 4.69) is 4.74 Å². The highest BCUT2D eigenvalue weighted by Crippen LogP contribution is 2.31. The third-order valence-corrected chi connectivity index (χ3v) is 1.33. The lowest BCUT2D eigenvalue weighted by molar-refractivity contribution is -0.273. The van der Waals surface area contributed by atoms with Crippen molar-refractivity contribution in [2.45, 2.75) is 31.1 Å². The van der Waals surface area contributed by atoms with Gasteiger partial charge >= 0.3 is 24.7 Å². The first kappa shape index (κ1) is 15.3. The number of ether oxygens (including phenoxy) is 1. The molecule has 0 bridgehead atoms. The zero-order chi connectivity index (χ0) is 13.1. The van der Waals surface area contributed by atoms with Gasteiger partial charge in [0.15, 0.2) is 0 Å². The maximum absolute atomic E-state index is 12.2. The Morgan fingerprint density at radius 2 is 1.25 bits per heavy atom. The lowest BCUT2D eigenvalue weighted by Crippen LogP contribution is -2.42. The van der Waals surface area contributed by atoms with E-state index in [4.69, 9.17) is 0 Å². The average molecular weight is 264 g/mol. The van der Waals surface area contributed by atoms with Crippen LogP contribution in [0.5, 0.6) is 0 Å². The predicted molar refractivity (Wildman–Crippen MR) is 32.8 cm³/mol. The second-order valence-electron chi connectivity index (χ2n) is 2.66. The van der Waals surface area contributed by atoms with Crippen LogP contribution in [0.3, 0.4) is 0 Å². The topological polar surface area (TPSA) is 9.23 Å². The maximum Gasteiger partial charge on any atom is 0.361 e. The zero-order valence-corrected chi connectivity index (χ0v) is 7.25. The molecule has 0 aliphatic heterocycles. The number of alkyl halides is 9. The molecule has 0 aliphatic rings. The van der Waals surface area contributed by atoms with Crippen molar-refractivity contribution in [2.75, 3.05) is 6.61 Å². The van der Waals surface area contributed by atoms with Crippen molar-refractivity contribution in [1.82, 2.24) is 0 Å². The summed E-state index contributed by atoms with van der Waals surface area (Å²) in [6.07, 6.45) is -12.9. The molecule has 0 N–H and O–H groups in total. The van der Waals surface area contributed by atoms with Crippen molar-refractivity contribution >= 4 is 0 Å².